The van der Waals surface area contributed by atoms with Crippen molar-refractivity contribution in [1.82, 2.24) is 0 Å². The topological polar surface area (TPSA) is 142 Å². The van der Waals surface area contributed by atoms with Crippen molar-refractivity contribution in [3.8, 4) is 0 Å². The third-order valence-corrected chi connectivity index (χ3v) is 13.3. The van der Waals surface area contributed by atoms with E-state index >= 15 is 0 Å². The molecule has 0 aromatic heterocycles. The number of hydrogen-bond acceptors (Lipinski definition) is 12. The highest BCUT2D eigenvalue weighted by Gasteiger charge is 2.41. The molecular weight excluding hydrogens is 720 g/mol. The number of esters is 4. The second-order valence-electron chi connectivity index (χ2n) is 17.5. The van der Waals surface area contributed by atoms with Gasteiger partial charge in [-0.1, -0.05) is 27.7 Å². The number of carbonyl (C=O) groups is 4. The molecule has 5 fully saturated rings. The zero-order valence-electron chi connectivity index (χ0n) is 35.5. The van der Waals surface area contributed by atoms with E-state index in [0.717, 1.165) is 51.4 Å². The lowest BCUT2D eigenvalue weighted by Gasteiger charge is -2.27. The number of rotatable bonds is 4. The quantitative estimate of drug-likeness (QED) is 0.205. The summed E-state index contributed by atoms with van der Waals surface area (Å²) >= 11 is 0. The van der Waals surface area contributed by atoms with Crippen LogP contribution in [0.25, 0.3) is 0 Å². The molecule has 0 spiro atoms. The van der Waals surface area contributed by atoms with Crippen LogP contribution in [0.4, 0.5) is 0 Å². The lowest BCUT2D eigenvalue weighted by Crippen LogP contribution is -2.35. The average molecular weight is 793 g/mol. The molecule has 0 N–H and O–H groups in total. The zero-order chi connectivity index (χ0) is 40.5. The molecule has 0 aliphatic carbocycles. The van der Waals surface area contributed by atoms with E-state index in [0.29, 0.717) is 51.4 Å². The van der Waals surface area contributed by atoms with E-state index in [4.69, 9.17) is 37.9 Å². The minimum atomic E-state index is -0.434. The standard InChI is InChI=1S/C44H72O12/c1-9-29-21-33-13-17-38(49-33)26(6)42(46)54-31(11-3)23-35-15-19-40(51-35)28(8)44(48)56-32(12-4)24-36-16-20-39(52-36)27(7)43(47)55-30(10-2)22-34-14-18-37(50-34)25(5)41(45)53-29/h25-40H,9-24H2,1-8H3/t25-,26-,27-,28+,29-,30+,31-,32+,33-,34+,35+,36-,37-,38+,39+,40-/m1/s1. The van der Waals surface area contributed by atoms with Crippen LogP contribution < -0.4 is 0 Å². The van der Waals surface area contributed by atoms with Crippen molar-refractivity contribution < 1.29 is 57.1 Å². The second kappa shape index (κ2) is 21.1. The van der Waals surface area contributed by atoms with Crippen LogP contribution in [0.2, 0.25) is 0 Å². The summed E-state index contributed by atoms with van der Waals surface area (Å²) in [5.41, 5.74) is 0. The predicted octanol–water partition coefficient (Wildman–Crippen LogP) is 7.58. The van der Waals surface area contributed by atoms with Crippen LogP contribution in [0.5, 0.6) is 0 Å². The van der Waals surface area contributed by atoms with Crippen molar-refractivity contribution in [3.63, 3.8) is 0 Å². The van der Waals surface area contributed by atoms with Crippen LogP contribution in [-0.2, 0) is 57.1 Å². The Morgan fingerprint density at radius 2 is 0.554 bits per heavy atom. The zero-order valence-corrected chi connectivity index (χ0v) is 35.5. The molecule has 56 heavy (non-hydrogen) atoms. The smallest absolute Gasteiger partial charge is 0.311 e. The Morgan fingerprint density at radius 3 is 0.732 bits per heavy atom. The van der Waals surface area contributed by atoms with Crippen LogP contribution in [0, 0.1) is 23.7 Å². The summed E-state index contributed by atoms with van der Waals surface area (Å²) in [4.78, 5) is 53.5. The molecular formula is C44H72O12. The van der Waals surface area contributed by atoms with E-state index in [1.165, 1.54) is 0 Å². The first kappa shape index (κ1) is 44.8. The molecule has 12 nitrogen and oxygen atoms in total. The molecule has 0 aromatic rings. The number of carbonyl (C=O) groups excluding carboxylic acids is 4. The first-order chi connectivity index (χ1) is 26.8. The monoisotopic (exact) mass is 793 g/mol. The van der Waals surface area contributed by atoms with Crippen molar-refractivity contribution in [1.29, 1.82) is 0 Å². The molecule has 0 aromatic carbocycles. The van der Waals surface area contributed by atoms with Crippen molar-refractivity contribution >= 4 is 23.9 Å². The predicted molar refractivity (Wildman–Crippen MR) is 207 cm³/mol. The molecule has 0 saturated carbocycles. The fourth-order valence-electron chi connectivity index (χ4n) is 9.16. The van der Waals surface area contributed by atoms with Crippen molar-refractivity contribution in [2.75, 3.05) is 0 Å². The van der Waals surface area contributed by atoms with Gasteiger partial charge in [-0.2, -0.15) is 0 Å². The van der Waals surface area contributed by atoms with Gasteiger partial charge in [0.15, 0.2) is 0 Å². The highest BCUT2D eigenvalue weighted by molar-refractivity contribution is 5.74. The summed E-state index contributed by atoms with van der Waals surface area (Å²) in [5, 5.41) is 0. The Bertz CT molecular complexity index is 1100. The number of hydrogen-bond donors (Lipinski definition) is 0. The number of fused-ring (bicyclic) bond motifs is 8. The van der Waals surface area contributed by atoms with E-state index in [1.54, 1.807) is 0 Å². The first-order valence-corrected chi connectivity index (χ1v) is 22.3. The van der Waals surface area contributed by atoms with Gasteiger partial charge in [-0.3, -0.25) is 19.2 Å². The Morgan fingerprint density at radius 1 is 0.357 bits per heavy atom. The van der Waals surface area contributed by atoms with Crippen LogP contribution >= 0.6 is 0 Å². The van der Waals surface area contributed by atoms with Crippen LogP contribution in [0.3, 0.4) is 0 Å². The summed E-state index contributed by atoms with van der Waals surface area (Å²) in [6, 6.07) is 0. The van der Waals surface area contributed by atoms with Gasteiger partial charge in [0.2, 0.25) is 0 Å². The van der Waals surface area contributed by atoms with E-state index in [1.807, 2.05) is 55.4 Å². The molecule has 5 heterocycles. The second-order valence-corrected chi connectivity index (χ2v) is 17.5. The highest BCUT2D eigenvalue weighted by atomic mass is 16.6. The number of ether oxygens (including phenoxy) is 8. The van der Waals surface area contributed by atoms with Gasteiger partial charge < -0.3 is 37.9 Å². The summed E-state index contributed by atoms with van der Waals surface area (Å²) in [5.74, 6) is -2.83. The highest BCUT2D eigenvalue weighted by Crippen LogP contribution is 2.35. The van der Waals surface area contributed by atoms with E-state index in [-0.39, 0.29) is 97.1 Å². The molecule has 5 saturated heterocycles. The van der Waals surface area contributed by atoms with Crippen molar-refractivity contribution in [2.24, 2.45) is 23.7 Å². The maximum absolute atomic E-state index is 13.4. The van der Waals surface area contributed by atoms with Gasteiger partial charge in [0.05, 0.1) is 72.5 Å². The fourth-order valence-corrected chi connectivity index (χ4v) is 9.16. The lowest BCUT2D eigenvalue weighted by molar-refractivity contribution is -0.162. The Kier molecular flexibility index (Phi) is 16.9. The Hall–Kier alpha value is -2.28. The molecule has 0 radical (unpaired) electrons. The summed E-state index contributed by atoms with van der Waals surface area (Å²) in [6.45, 7) is 15.5. The van der Waals surface area contributed by atoms with Gasteiger partial charge >= 0.3 is 23.9 Å². The SMILES string of the molecule is CC[C@H]1C[C@H]2CC[C@H](O2)[C@@H](C)C(=O)O[C@@H](CC)C[C@@H]2CC[C@@H](O2)[C@@H](C)C(=O)O[C@H](CC)C[C@H]2CC[C@H](O2)[C@@H](C)C(=O)O[C@H](CC)C[C@@H]2CC[C@@H](O2)[C@H](C)C(=O)O1. The van der Waals surface area contributed by atoms with Crippen LogP contribution in [0.15, 0.2) is 0 Å². The van der Waals surface area contributed by atoms with E-state index in [9.17, 15) is 19.2 Å². The maximum atomic E-state index is 13.4. The van der Waals surface area contributed by atoms with Crippen LogP contribution in [0.1, 0.15) is 158 Å². The molecule has 5 aliphatic heterocycles. The summed E-state index contributed by atoms with van der Waals surface area (Å²) in [7, 11) is 0. The van der Waals surface area contributed by atoms with Gasteiger partial charge in [-0.15, -0.1) is 0 Å². The number of cyclic esters (lactones) is 4. The molecule has 8 bridgehead atoms. The molecule has 320 valence electrons. The summed E-state index contributed by atoms with van der Waals surface area (Å²) < 4.78 is 49.6. The van der Waals surface area contributed by atoms with Crippen LogP contribution in [-0.4, -0.2) is 97.1 Å². The van der Waals surface area contributed by atoms with Crippen molar-refractivity contribution in [3.05, 3.63) is 0 Å². The molecule has 12 heteroatoms. The minimum Gasteiger partial charge on any atom is -0.462 e. The largest absolute Gasteiger partial charge is 0.462 e. The Labute approximate surface area is 335 Å². The van der Waals surface area contributed by atoms with Gasteiger partial charge in [0, 0.05) is 25.7 Å². The molecule has 5 rings (SSSR count). The molecule has 0 unspecified atom stereocenters. The molecule has 16 atom stereocenters. The molecule has 5 aliphatic rings. The normalized spacial score (nSPS) is 42.9. The average Bonchev–Trinajstić information content (AvgIpc) is 4.03. The van der Waals surface area contributed by atoms with Gasteiger partial charge in [0.25, 0.3) is 0 Å². The maximum Gasteiger partial charge on any atom is 0.311 e. The first-order valence-electron chi connectivity index (χ1n) is 22.3. The van der Waals surface area contributed by atoms with Gasteiger partial charge in [0.1, 0.15) is 24.4 Å². The van der Waals surface area contributed by atoms with Crippen molar-refractivity contribution in [2.45, 2.75) is 231 Å². The Balaban J connectivity index is 1.24. The third kappa shape index (κ3) is 11.9. The third-order valence-electron chi connectivity index (χ3n) is 13.3. The van der Waals surface area contributed by atoms with Gasteiger partial charge in [-0.25, -0.2) is 0 Å². The molecule has 0 amide bonds. The summed E-state index contributed by atoms with van der Waals surface area (Å²) in [6.07, 6.45) is 8.23. The van der Waals surface area contributed by atoms with Gasteiger partial charge in [-0.05, 0) is 105 Å². The minimum absolute atomic E-state index is 0.116. The van der Waals surface area contributed by atoms with E-state index < -0.39 is 23.7 Å². The van der Waals surface area contributed by atoms with E-state index in [2.05, 4.69) is 0 Å². The fraction of sp³-hybridized carbons (Fsp3) is 0.909. The lowest BCUT2D eigenvalue weighted by atomic mass is 9.99.